The second kappa shape index (κ2) is 6.48. The minimum absolute atomic E-state index is 0.308. The van der Waals surface area contributed by atoms with E-state index in [0.717, 1.165) is 34.0 Å². The van der Waals surface area contributed by atoms with E-state index in [1.807, 2.05) is 0 Å². The number of hydrogen-bond donors (Lipinski definition) is 0. The molecule has 4 nitrogen and oxygen atoms in total. The number of thioether (sulfide) groups is 1. The van der Waals surface area contributed by atoms with E-state index >= 15 is 0 Å². The molecule has 140 valence electrons. The molecule has 3 heterocycles. The molecule has 4 rings (SSSR count). The Kier molecular flexibility index (Phi) is 4.55. The summed E-state index contributed by atoms with van der Waals surface area (Å²) in [6, 6.07) is 2.59. The average molecular weight is 390 g/mol. The number of likely N-dealkylation sites (tertiary alicyclic amines) is 1. The predicted molar refractivity (Wildman–Crippen MR) is 109 cm³/mol. The van der Waals surface area contributed by atoms with E-state index in [1.165, 1.54) is 17.7 Å². The van der Waals surface area contributed by atoms with Crippen molar-refractivity contribution in [2.75, 3.05) is 12.3 Å². The molecule has 0 aromatic carbocycles. The van der Waals surface area contributed by atoms with Crippen LogP contribution < -0.4 is 0 Å². The van der Waals surface area contributed by atoms with Gasteiger partial charge in [0.2, 0.25) is 5.91 Å². The van der Waals surface area contributed by atoms with Crippen LogP contribution >= 0.6 is 23.1 Å². The maximum Gasteiger partial charge on any atom is 0.223 e. The van der Waals surface area contributed by atoms with Gasteiger partial charge in [0.15, 0.2) is 0 Å². The second-order valence-corrected chi connectivity index (χ2v) is 11.4. The molecule has 2 bridgehead atoms. The van der Waals surface area contributed by atoms with Crippen molar-refractivity contribution < 1.29 is 4.79 Å². The molecule has 2 aliphatic rings. The Bertz CT molecular complexity index is 847. The molecule has 1 saturated carbocycles. The fourth-order valence-corrected chi connectivity index (χ4v) is 7.01. The molecule has 2 aromatic heterocycles. The van der Waals surface area contributed by atoms with Gasteiger partial charge in [-0.25, -0.2) is 9.97 Å². The molecule has 2 aromatic rings. The van der Waals surface area contributed by atoms with Crippen LogP contribution in [-0.4, -0.2) is 39.1 Å². The van der Waals surface area contributed by atoms with Crippen LogP contribution in [-0.2, 0) is 4.79 Å². The van der Waals surface area contributed by atoms with Gasteiger partial charge in [0.1, 0.15) is 16.2 Å². The minimum atomic E-state index is 0.308. The zero-order valence-corrected chi connectivity index (χ0v) is 17.7. The molecule has 1 saturated heterocycles. The summed E-state index contributed by atoms with van der Waals surface area (Å²) >= 11 is 3.38. The Labute approximate surface area is 163 Å². The first-order valence-corrected chi connectivity index (χ1v) is 11.2. The number of hydrogen-bond acceptors (Lipinski definition) is 5. The third-order valence-electron chi connectivity index (χ3n) is 5.71. The van der Waals surface area contributed by atoms with Gasteiger partial charge >= 0.3 is 0 Å². The summed E-state index contributed by atoms with van der Waals surface area (Å²) in [5, 5.41) is 2.12. The molecule has 2 fully saturated rings. The molecular weight excluding hydrogens is 362 g/mol. The first kappa shape index (κ1) is 18.2. The Morgan fingerprint density at radius 3 is 2.96 bits per heavy atom. The van der Waals surface area contributed by atoms with Crippen molar-refractivity contribution in [1.82, 2.24) is 14.9 Å². The molecular formula is C20H27N3OS2. The van der Waals surface area contributed by atoms with Gasteiger partial charge in [0, 0.05) is 35.0 Å². The predicted octanol–water partition coefficient (Wildman–Crippen LogP) is 4.91. The fourth-order valence-electron chi connectivity index (χ4n) is 5.20. The Hall–Kier alpha value is -1.14. The zero-order chi connectivity index (χ0) is 18.5. The van der Waals surface area contributed by atoms with Gasteiger partial charge in [-0.1, -0.05) is 20.8 Å². The van der Waals surface area contributed by atoms with Gasteiger partial charge in [0.25, 0.3) is 0 Å². The van der Waals surface area contributed by atoms with Gasteiger partial charge in [-0.15, -0.1) is 23.1 Å². The summed E-state index contributed by atoms with van der Waals surface area (Å²) in [6.07, 6.45) is 5.77. The summed E-state index contributed by atoms with van der Waals surface area (Å²) in [5.41, 5.74) is 0.660. The van der Waals surface area contributed by atoms with Crippen molar-refractivity contribution in [3.63, 3.8) is 0 Å². The van der Waals surface area contributed by atoms with Crippen molar-refractivity contribution >= 4 is 39.2 Å². The first-order chi connectivity index (χ1) is 12.2. The topological polar surface area (TPSA) is 46.1 Å². The highest BCUT2D eigenvalue weighted by Gasteiger charge is 2.50. The summed E-state index contributed by atoms with van der Waals surface area (Å²) in [6.45, 7) is 10.1. The van der Waals surface area contributed by atoms with Crippen LogP contribution in [0.15, 0.2) is 17.4 Å². The van der Waals surface area contributed by atoms with Crippen LogP contribution in [0.4, 0.5) is 0 Å². The number of fused-ring (bicyclic) bond motifs is 3. The normalized spacial score (nSPS) is 27.2. The maximum absolute atomic E-state index is 12.9. The van der Waals surface area contributed by atoms with Crippen molar-refractivity contribution in [2.24, 2.45) is 10.8 Å². The van der Waals surface area contributed by atoms with Crippen molar-refractivity contribution in [3.05, 3.63) is 17.3 Å². The lowest BCUT2D eigenvalue weighted by Crippen LogP contribution is -2.37. The first-order valence-electron chi connectivity index (χ1n) is 9.38. The monoisotopic (exact) mass is 389 g/mol. The summed E-state index contributed by atoms with van der Waals surface area (Å²) in [7, 11) is 0. The number of carbonyl (C=O) groups excluding carboxylic acids is 1. The molecule has 2 unspecified atom stereocenters. The van der Waals surface area contributed by atoms with E-state index in [-0.39, 0.29) is 0 Å². The van der Waals surface area contributed by atoms with Crippen LogP contribution in [0.1, 0.15) is 51.3 Å². The highest BCUT2D eigenvalue weighted by Crippen LogP contribution is 2.52. The third-order valence-corrected chi connectivity index (χ3v) is 7.67. The van der Waals surface area contributed by atoms with E-state index in [0.29, 0.717) is 29.2 Å². The SMILES string of the molecule is Cc1cc2c(SCCC(=O)N3CC4(C)CC3CC(C)(C)C4)ncnc2s1. The highest BCUT2D eigenvalue weighted by atomic mass is 32.2. The van der Waals surface area contributed by atoms with Gasteiger partial charge < -0.3 is 4.90 Å². The maximum atomic E-state index is 12.9. The zero-order valence-electron chi connectivity index (χ0n) is 16.0. The summed E-state index contributed by atoms with van der Waals surface area (Å²) in [4.78, 5) is 26.1. The van der Waals surface area contributed by atoms with Crippen LogP contribution in [0.2, 0.25) is 0 Å². The number of amides is 1. The summed E-state index contributed by atoms with van der Waals surface area (Å²) in [5.74, 6) is 1.10. The number of nitrogens with zero attached hydrogens (tertiary/aromatic N) is 3. The number of thiophene rings is 1. The second-order valence-electron chi connectivity index (χ2n) is 9.09. The van der Waals surface area contributed by atoms with Crippen molar-refractivity contribution in [3.8, 4) is 0 Å². The summed E-state index contributed by atoms with van der Waals surface area (Å²) < 4.78 is 0. The molecule has 0 spiro atoms. The largest absolute Gasteiger partial charge is 0.339 e. The fraction of sp³-hybridized carbons (Fsp3) is 0.650. The Balaban J connectivity index is 1.39. The quantitative estimate of drug-likeness (QED) is 0.551. The smallest absolute Gasteiger partial charge is 0.223 e. The van der Waals surface area contributed by atoms with E-state index in [4.69, 9.17) is 0 Å². The van der Waals surface area contributed by atoms with Crippen LogP contribution in [0.5, 0.6) is 0 Å². The Morgan fingerprint density at radius 2 is 2.15 bits per heavy atom. The molecule has 0 N–H and O–H groups in total. The molecule has 6 heteroatoms. The van der Waals surface area contributed by atoms with Gasteiger partial charge in [-0.05, 0) is 43.1 Å². The number of aromatic nitrogens is 2. The van der Waals surface area contributed by atoms with Crippen molar-refractivity contribution in [2.45, 2.75) is 64.4 Å². The third kappa shape index (κ3) is 3.50. The number of aryl methyl sites for hydroxylation is 1. The number of carbonyl (C=O) groups is 1. The van der Waals surface area contributed by atoms with Crippen molar-refractivity contribution in [1.29, 1.82) is 0 Å². The van der Waals surface area contributed by atoms with E-state index in [9.17, 15) is 4.79 Å². The molecule has 1 aliphatic carbocycles. The minimum Gasteiger partial charge on any atom is -0.339 e. The van der Waals surface area contributed by atoms with E-state index < -0.39 is 0 Å². The highest BCUT2D eigenvalue weighted by molar-refractivity contribution is 7.99. The lowest BCUT2D eigenvalue weighted by Gasteiger charge is -2.39. The Morgan fingerprint density at radius 1 is 1.35 bits per heavy atom. The van der Waals surface area contributed by atoms with E-state index in [1.54, 1.807) is 29.4 Å². The molecule has 1 amide bonds. The molecule has 1 aliphatic heterocycles. The lowest BCUT2D eigenvalue weighted by atomic mass is 9.65. The average Bonchev–Trinajstić information content (AvgIpc) is 3.02. The van der Waals surface area contributed by atoms with E-state index in [2.05, 4.69) is 48.6 Å². The molecule has 26 heavy (non-hydrogen) atoms. The number of rotatable bonds is 4. The molecule has 0 radical (unpaired) electrons. The van der Waals surface area contributed by atoms with Gasteiger partial charge in [-0.2, -0.15) is 0 Å². The van der Waals surface area contributed by atoms with Gasteiger partial charge in [-0.3, -0.25) is 4.79 Å². The standard InChI is InChI=1S/C20H27N3OS2/c1-13-7-15-17(21-12-22-18(15)26-13)25-6-5-16(24)23-11-20(4)9-14(23)8-19(2,3)10-20/h7,12,14H,5-6,8-11H2,1-4H3. The van der Waals surface area contributed by atoms with Crippen LogP contribution in [0.25, 0.3) is 10.2 Å². The van der Waals surface area contributed by atoms with Crippen LogP contribution in [0, 0.1) is 17.8 Å². The van der Waals surface area contributed by atoms with Crippen LogP contribution in [0.3, 0.4) is 0 Å². The lowest BCUT2D eigenvalue weighted by molar-refractivity contribution is -0.131. The molecule has 2 atom stereocenters. The van der Waals surface area contributed by atoms with Gasteiger partial charge in [0.05, 0.1) is 0 Å².